The third-order valence-corrected chi connectivity index (χ3v) is 10.6. The standard InChI is InChI=1S/C24H24ClFN6O4S/c1-23(13-37(35,27-2)24(7-3-4-8-24)21(31-23)30-22(33)34)16-9-14(5-6-17(16)26)19-10-18(32-36-19)20-28-11-15(25)12-29-20/h5-6,9-12H,3-4,7-8,13H2,1-2H3,(H,30,31)(H,33,34)/t23-,37?/m0/s1. The smallest absolute Gasteiger partial charge is 0.410 e. The number of aliphatic imine (C=N–C) groups is 1. The maximum atomic E-state index is 15.3. The van der Waals surface area contributed by atoms with Crippen LogP contribution in [0, 0.1) is 5.82 Å². The van der Waals surface area contributed by atoms with Gasteiger partial charge in [-0.05, 0) is 38.0 Å². The van der Waals surface area contributed by atoms with Crippen molar-refractivity contribution in [1.29, 1.82) is 0 Å². The number of benzene rings is 1. The molecule has 0 radical (unpaired) electrons. The van der Waals surface area contributed by atoms with Crippen molar-refractivity contribution in [2.45, 2.75) is 42.9 Å². The zero-order valence-corrected chi connectivity index (χ0v) is 21.6. The molecule has 1 spiro atoms. The van der Waals surface area contributed by atoms with Crippen molar-refractivity contribution in [2.24, 2.45) is 9.36 Å². The number of nitrogens with one attached hydrogen (secondary N) is 1. The van der Waals surface area contributed by atoms with Gasteiger partial charge in [0.15, 0.2) is 17.3 Å². The number of amides is 1. The zero-order valence-electron chi connectivity index (χ0n) is 20.1. The molecule has 13 heteroatoms. The summed E-state index contributed by atoms with van der Waals surface area (Å²) in [5.74, 6) is 0.0811. The van der Waals surface area contributed by atoms with E-state index in [1.54, 1.807) is 19.1 Å². The molecule has 0 saturated heterocycles. The van der Waals surface area contributed by atoms with E-state index >= 15 is 4.39 Å². The first-order valence-electron chi connectivity index (χ1n) is 11.6. The summed E-state index contributed by atoms with van der Waals surface area (Å²) < 4.78 is 38.4. The predicted octanol–water partition coefficient (Wildman–Crippen LogP) is 4.90. The van der Waals surface area contributed by atoms with E-state index in [-0.39, 0.29) is 17.2 Å². The van der Waals surface area contributed by atoms with E-state index in [4.69, 9.17) is 21.1 Å². The molecule has 2 atom stereocenters. The van der Waals surface area contributed by atoms with Gasteiger partial charge in [-0.2, -0.15) is 0 Å². The Morgan fingerprint density at radius 3 is 2.59 bits per heavy atom. The quantitative estimate of drug-likeness (QED) is 0.475. The third kappa shape index (κ3) is 4.27. The fourth-order valence-corrected chi connectivity index (χ4v) is 8.39. The van der Waals surface area contributed by atoms with Gasteiger partial charge in [-0.1, -0.05) is 29.6 Å². The van der Waals surface area contributed by atoms with Crippen molar-refractivity contribution in [1.82, 2.24) is 20.4 Å². The Bertz CT molecular complexity index is 1530. The molecule has 2 aromatic heterocycles. The van der Waals surface area contributed by atoms with Crippen LogP contribution in [0.4, 0.5) is 9.18 Å². The van der Waals surface area contributed by atoms with Crippen LogP contribution >= 0.6 is 11.6 Å². The lowest BCUT2D eigenvalue weighted by Crippen LogP contribution is -2.59. The number of hydrogen-bond acceptors (Lipinski definition) is 8. The molecule has 1 aromatic carbocycles. The highest BCUT2D eigenvalue weighted by Gasteiger charge is 2.55. The van der Waals surface area contributed by atoms with Gasteiger partial charge in [-0.15, -0.1) is 0 Å². The second kappa shape index (κ2) is 9.18. The van der Waals surface area contributed by atoms with E-state index in [1.165, 1.54) is 31.6 Å². The summed E-state index contributed by atoms with van der Waals surface area (Å²) in [6.07, 6.45) is 4.10. The Labute approximate surface area is 217 Å². The van der Waals surface area contributed by atoms with Crippen molar-refractivity contribution >= 4 is 33.3 Å². The van der Waals surface area contributed by atoms with Crippen molar-refractivity contribution in [3.05, 3.63) is 53.1 Å². The van der Waals surface area contributed by atoms with Gasteiger partial charge in [0.2, 0.25) is 0 Å². The molecule has 1 aliphatic carbocycles. The largest absolute Gasteiger partial charge is 0.465 e. The average molecular weight is 547 g/mol. The molecule has 10 nitrogen and oxygen atoms in total. The number of hydrogen-bond donors (Lipinski definition) is 2. The molecule has 3 aromatic rings. The lowest BCUT2D eigenvalue weighted by atomic mass is 9.91. The number of nitrogens with zero attached hydrogens (tertiary/aromatic N) is 5. The summed E-state index contributed by atoms with van der Waals surface area (Å²) in [7, 11) is -1.54. The van der Waals surface area contributed by atoms with Crippen molar-refractivity contribution in [3.63, 3.8) is 0 Å². The molecule has 2 aliphatic rings. The first kappa shape index (κ1) is 25.3. The molecular formula is C24H24ClFN6O4S. The number of halogens is 2. The molecule has 1 fully saturated rings. The van der Waals surface area contributed by atoms with Crippen LogP contribution in [-0.4, -0.2) is 53.9 Å². The molecule has 37 heavy (non-hydrogen) atoms. The van der Waals surface area contributed by atoms with Crippen molar-refractivity contribution in [3.8, 4) is 22.8 Å². The minimum atomic E-state index is -3.01. The van der Waals surface area contributed by atoms with Crippen molar-refractivity contribution < 1.29 is 23.0 Å². The van der Waals surface area contributed by atoms with E-state index in [1.807, 2.05) is 0 Å². The predicted molar refractivity (Wildman–Crippen MR) is 136 cm³/mol. The van der Waals surface area contributed by atoms with Crippen LogP contribution in [-0.2, 0) is 15.3 Å². The highest BCUT2D eigenvalue weighted by molar-refractivity contribution is 7.95. The highest BCUT2D eigenvalue weighted by atomic mass is 35.5. The first-order chi connectivity index (χ1) is 17.6. The minimum absolute atomic E-state index is 0.0536. The number of aromatic nitrogens is 3. The Morgan fingerprint density at radius 2 is 1.95 bits per heavy atom. The number of rotatable bonds is 3. The lowest BCUT2D eigenvalue weighted by Gasteiger charge is -2.43. The molecule has 2 N–H and O–H groups in total. The molecule has 194 valence electrons. The lowest BCUT2D eigenvalue weighted by molar-refractivity contribution is 0.199. The van der Waals surface area contributed by atoms with Gasteiger partial charge >= 0.3 is 6.09 Å². The van der Waals surface area contributed by atoms with Gasteiger partial charge in [-0.3, -0.25) is 10.3 Å². The summed E-state index contributed by atoms with van der Waals surface area (Å²) in [5.41, 5.74) is -0.359. The highest BCUT2D eigenvalue weighted by Crippen LogP contribution is 2.47. The molecular weight excluding hydrogens is 523 g/mol. The molecule has 1 saturated carbocycles. The van der Waals surface area contributed by atoms with Crippen LogP contribution < -0.4 is 5.32 Å². The number of carboxylic acid groups (broad SMARTS) is 1. The van der Waals surface area contributed by atoms with Gasteiger partial charge < -0.3 is 9.63 Å². The van der Waals surface area contributed by atoms with Crippen LogP contribution in [0.3, 0.4) is 0 Å². The van der Waals surface area contributed by atoms with E-state index in [9.17, 15) is 14.1 Å². The van der Waals surface area contributed by atoms with Crippen LogP contribution in [0.1, 0.15) is 38.2 Å². The Hall–Kier alpha value is -3.38. The minimum Gasteiger partial charge on any atom is -0.465 e. The second-order valence-electron chi connectivity index (χ2n) is 9.33. The monoisotopic (exact) mass is 546 g/mol. The third-order valence-electron chi connectivity index (χ3n) is 7.00. The summed E-state index contributed by atoms with van der Waals surface area (Å²) in [5, 5.41) is 16.3. The molecule has 0 bridgehead atoms. The average Bonchev–Trinajstić information content (AvgIpc) is 3.55. The van der Waals surface area contributed by atoms with E-state index < -0.39 is 31.9 Å². The van der Waals surface area contributed by atoms with Crippen LogP contribution in [0.15, 0.2) is 50.5 Å². The molecule has 5 rings (SSSR count). The normalized spacial score (nSPS) is 24.6. The van der Waals surface area contributed by atoms with E-state index in [0.717, 1.165) is 12.8 Å². The SMILES string of the molecule is CN=S1(=O)C[C@@](C)(c2cc(-c3cc(-c4ncc(Cl)cn4)no3)ccc2F)N=C(NC(=O)O)C12CCCC2. The number of amidine groups is 1. The molecule has 3 heterocycles. The molecule has 1 aliphatic heterocycles. The van der Waals surface area contributed by atoms with Gasteiger partial charge in [0.25, 0.3) is 0 Å². The fraction of sp³-hybridized carbons (Fsp3) is 0.375. The molecule has 1 unspecified atom stereocenters. The van der Waals surface area contributed by atoms with E-state index in [0.29, 0.717) is 40.7 Å². The maximum Gasteiger partial charge on any atom is 0.410 e. The first-order valence-corrected chi connectivity index (χ1v) is 13.6. The Morgan fingerprint density at radius 1 is 1.24 bits per heavy atom. The topological polar surface area (TPSA) is 143 Å². The van der Waals surface area contributed by atoms with E-state index in [2.05, 4.69) is 24.8 Å². The summed E-state index contributed by atoms with van der Waals surface area (Å²) in [4.78, 5) is 24.6. The van der Waals surface area contributed by atoms with Crippen LogP contribution in [0.25, 0.3) is 22.8 Å². The van der Waals surface area contributed by atoms with Crippen molar-refractivity contribution in [2.75, 3.05) is 12.8 Å². The summed E-state index contributed by atoms with van der Waals surface area (Å²) in [6.45, 7) is 1.64. The van der Waals surface area contributed by atoms with Gasteiger partial charge in [-0.25, -0.2) is 27.7 Å². The fourth-order valence-electron chi connectivity index (χ4n) is 5.23. The summed E-state index contributed by atoms with van der Waals surface area (Å²) in [6, 6.07) is 5.95. The van der Waals surface area contributed by atoms with Gasteiger partial charge in [0.1, 0.15) is 21.9 Å². The Kier molecular flexibility index (Phi) is 6.27. The maximum absolute atomic E-state index is 15.3. The summed E-state index contributed by atoms with van der Waals surface area (Å²) >= 11 is 5.85. The second-order valence-corrected chi connectivity index (χ2v) is 12.5. The van der Waals surface area contributed by atoms with Gasteiger partial charge in [0, 0.05) is 36.6 Å². The zero-order chi connectivity index (χ0) is 26.4. The number of carbonyl (C=O) groups is 1. The molecule has 1 amide bonds. The Balaban J connectivity index is 1.61. The van der Waals surface area contributed by atoms with Crippen LogP contribution in [0.5, 0.6) is 0 Å². The van der Waals surface area contributed by atoms with Gasteiger partial charge in [0.05, 0.1) is 20.5 Å². The van der Waals surface area contributed by atoms with Crippen LogP contribution in [0.2, 0.25) is 5.02 Å².